The molecule has 0 saturated carbocycles. The maximum atomic E-state index is 12.7. The summed E-state index contributed by atoms with van der Waals surface area (Å²) in [5.41, 5.74) is 2.25. The molecule has 0 aliphatic carbocycles. The first-order valence-corrected chi connectivity index (χ1v) is 8.05. The van der Waals surface area contributed by atoms with Crippen molar-refractivity contribution in [2.75, 3.05) is 25.5 Å². The molecular formula is C18H19ClN2O2. The van der Waals surface area contributed by atoms with Gasteiger partial charge in [0.25, 0.3) is 5.91 Å². The summed E-state index contributed by atoms with van der Waals surface area (Å²) in [6, 6.07) is 12.9. The minimum Gasteiger partial charge on any atom is -0.497 e. The lowest BCUT2D eigenvalue weighted by Crippen LogP contribution is -2.28. The first kappa shape index (κ1) is 15.7. The van der Waals surface area contributed by atoms with Gasteiger partial charge in [-0.1, -0.05) is 11.6 Å². The van der Waals surface area contributed by atoms with Crippen molar-refractivity contribution < 1.29 is 9.53 Å². The van der Waals surface area contributed by atoms with Gasteiger partial charge in [-0.3, -0.25) is 4.79 Å². The molecule has 1 fully saturated rings. The van der Waals surface area contributed by atoms with Crippen LogP contribution in [0.5, 0.6) is 5.75 Å². The molecule has 1 aliphatic rings. The van der Waals surface area contributed by atoms with Gasteiger partial charge in [0.05, 0.1) is 18.4 Å². The van der Waals surface area contributed by atoms with Crippen LogP contribution in [-0.2, 0) is 0 Å². The molecule has 1 aliphatic heterocycles. The van der Waals surface area contributed by atoms with E-state index in [1.54, 1.807) is 25.3 Å². The van der Waals surface area contributed by atoms with E-state index in [2.05, 4.69) is 5.32 Å². The first-order valence-electron chi connectivity index (χ1n) is 7.67. The van der Waals surface area contributed by atoms with Gasteiger partial charge >= 0.3 is 0 Å². The van der Waals surface area contributed by atoms with Gasteiger partial charge in [0.15, 0.2) is 0 Å². The van der Waals surface area contributed by atoms with Crippen LogP contribution in [0.3, 0.4) is 0 Å². The standard InChI is InChI=1S/C18H19ClN2O2/c1-23-15-7-5-14(6-8-15)20-17-12-13(19)4-9-16(17)18(22)21-10-2-3-11-21/h4-9,12,20H,2-3,10-11H2,1H3. The van der Waals surface area contributed by atoms with E-state index in [0.717, 1.165) is 43.1 Å². The Labute approximate surface area is 141 Å². The van der Waals surface area contributed by atoms with Gasteiger partial charge in [0.2, 0.25) is 0 Å². The number of nitrogens with one attached hydrogen (secondary N) is 1. The minimum atomic E-state index is 0.0511. The lowest BCUT2D eigenvalue weighted by molar-refractivity contribution is 0.0794. The second-order valence-electron chi connectivity index (χ2n) is 5.54. The van der Waals surface area contributed by atoms with Gasteiger partial charge in [0, 0.05) is 23.8 Å². The van der Waals surface area contributed by atoms with Crippen LogP contribution in [0.2, 0.25) is 5.02 Å². The fraction of sp³-hybridized carbons (Fsp3) is 0.278. The summed E-state index contributed by atoms with van der Waals surface area (Å²) >= 11 is 6.11. The fourth-order valence-electron chi connectivity index (χ4n) is 2.73. The van der Waals surface area contributed by atoms with E-state index in [0.29, 0.717) is 10.6 Å². The third-order valence-corrected chi connectivity index (χ3v) is 4.21. The van der Waals surface area contributed by atoms with Crippen LogP contribution < -0.4 is 10.1 Å². The number of anilines is 2. The number of carbonyl (C=O) groups excluding carboxylic acids is 1. The predicted octanol–water partition coefficient (Wildman–Crippen LogP) is 4.33. The number of benzene rings is 2. The summed E-state index contributed by atoms with van der Waals surface area (Å²) in [4.78, 5) is 14.6. The average molecular weight is 331 g/mol. The van der Waals surface area contributed by atoms with E-state index >= 15 is 0 Å². The molecule has 0 aromatic heterocycles. The van der Waals surface area contributed by atoms with Crippen molar-refractivity contribution in [3.8, 4) is 5.75 Å². The van der Waals surface area contributed by atoms with Crippen LogP contribution in [0.25, 0.3) is 0 Å². The number of nitrogens with zero attached hydrogens (tertiary/aromatic N) is 1. The molecule has 23 heavy (non-hydrogen) atoms. The molecule has 0 spiro atoms. The van der Waals surface area contributed by atoms with Crippen LogP contribution in [-0.4, -0.2) is 31.0 Å². The number of rotatable bonds is 4. The van der Waals surface area contributed by atoms with E-state index < -0.39 is 0 Å². The van der Waals surface area contributed by atoms with Crippen molar-refractivity contribution in [1.29, 1.82) is 0 Å². The monoisotopic (exact) mass is 330 g/mol. The summed E-state index contributed by atoms with van der Waals surface area (Å²) in [6.07, 6.45) is 2.14. The van der Waals surface area contributed by atoms with Crippen molar-refractivity contribution in [2.24, 2.45) is 0 Å². The maximum absolute atomic E-state index is 12.7. The minimum absolute atomic E-state index is 0.0511. The Bertz CT molecular complexity index is 695. The van der Waals surface area contributed by atoms with Gasteiger partial charge in [0.1, 0.15) is 5.75 Å². The summed E-state index contributed by atoms with van der Waals surface area (Å²) in [5, 5.41) is 3.88. The fourth-order valence-corrected chi connectivity index (χ4v) is 2.90. The highest BCUT2D eigenvalue weighted by Crippen LogP contribution is 2.27. The molecule has 0 atom stereocenters. The molecule has 1 heterocycles. The van der Waals surface area contributed by atoms with Crippen LogP contribution >= 0.6 is 11.6 Å². The summed E-state index contributed by atoms with van der Waals surface area (Å²) in [5.74, 6) is 0.838. The normalized spacial score (nSPS) is 13.9. The highest BCUT2D eigenvalue weighted by atomic mass is 35.5. The number of amides is 1. The molecule has 0 radical (unpaired) electrons. The van der Waals surface area contributed by atoms with E-state index in [1.165, 1.54) is 0 Å². The second-order valence-corrected chi connectivity index (χ2v) is 5.98. The predicted molar refractivity (Wildman–Crippen MR) is 92.9 cm³/mol. The topological polar surface area (TPSA) is 41.6 Å². The number of hydrogen-bond acceptors (Lipinski definition) is 3. The third kappa shape index (κ3) is 3.59. The van der Waals surface area contributed by atoms with Gasteiger partial charge in [-0.25, -0.2) is 0 Å². The van der Waals surface area contributed by atoms with E-state index in [-0.39, 0.29) is 5.91 Å². The molecule has 0 bridgehead atoms. The third-order valence-electron chi connectivity index (χ3n) is 3.97. The Morgan fingerprint density at radius 3 is 2.48 bits per heavy atom. The zero-order chi connectivity index (χ0) is 16.2. The lowest BCUT2D eigenvalue weighted by atomic mass is 10.1. The SMILES string of the molecule is COc1ccc(Nc2cc(Cl)ccc2C(=O)N2CCCC2)cc1. The molecule has 1 amide bonds. The summed E-state index contributed by atoms with van der Waals surface area (Å²) in [6.45, 7) is 1.65. The molecule has 1 saturated heterocycles. The van der Waals surface area contributed by atoms with Crippen molar-refractivity contribution in [2.45, 2.75) is 12.8 Å². The van der Waals surface area contributed by atoms with E-state index in [1.807, 2.05) is 29.2 Å². The molecule has 120 valence electrons. The highest BCUT2D eigenvalue weighted by molar-refractivity contribution is 6.31. The van der Waals surface area contributed by atoms with Crippen LogP contribution in [0.1, 0.15) is 23.2 Å². The molecule has 2 aromatic carbocycles. The number of carbonyl (C=O) groups is 1. The smallest absolute Gasteiger partial charge is 0.255 e. The summed E-state index contributed by atoms with van der Waals surface area (Å²) in [7, 11) is 1.63. The molecule has 5 heteroatoms. The van der Waals surface area contributed by atoms with E-state index in [9.17, 15) is 4.79 Å². The zero-order valence-corrected chi connectivity index (χ0v) is 13.8. The molecule has 4 nitrogen and oxygen atoms in total. The van der Waals surface area contributed by atoms with Crippen molar-refractivity contribution in [3.63, 3.8) is 0 Å². The Morgan fingerprint density at radius 1 is 1.13 bits per heavy atom. The van der Waals surface area contributed by atoms with Crippen LogP contribution in [0, 0.1) is 0 Å². The number of halogens is 1. The molecule has 2 aromatic rings. The number of ether oxygens (including phenoxy) is 1. The van der Waals surface area contributed by atoms with Crippen molar-refractivity contribution in [1.82, 2.24) is 4.90 Å². The van der Waals surface area contributed by atoms with Crippen LogP contribution in [0.4, 0.5) is 11.4 Å². The Morgan fingerprint density at radius 2 is 1.83 bits per heavy atom. The Kier molecular flexibility index (Phi) is 4.72. The van der Waals surface area contributed by atoms with Crippen LogP contribution in [0.15, 0.2) is 42.5 Å². The van der Waals surface area contributed by atoms with Gasteiger partial charge in [-0.2, -0.15) is 0 Å². The highest BCUT2D eigenvalue weighted by Gasteiger charge is 2.22. The van der Waals surface area contributed by atoms with Crippen molar-refractivity contribution >= 4 is 28.9 Å². The van der Waals surface area contributed by atoms with Crippen molar-refractivity contribution in [3.05, 3.63) is 53.1 Å². The largest absolute Gasteiger partial charge is 0.497 e. The molecule has 0 unspecified atom stereocenters. The maximum Gasteiger partial charge on any atom is 0.255 e. The molecule has 3 rings (SSSR count). The Hall–Kier alpha value is -2.20. The zero-order valence-electron chi connectivity index (χ0n) is 13.0. The second kappa shape index (κ2) is 6.92. The van der Waals surface area contributed by atoms with Gasteiger partial charge in [-0.05, 0) is 55.3 Å². The average Bonchev–Trinajstić information content (AvgIpc) is 3.10. The van der Waals surface area contributed by atoms with Gasteiger partial charge in [-0.15, -0.1) is 0 Å². The first-order chi connectivity index (χ1) is 11.2. The summed E-state index contributed by atoms with van der Waals surface area (Å²) < 4.78 is 5.16. The number of methoxy groups -OCH3 is 1. The molecular weight excluding hydrogens is 312 g/mol. The molecule has 1 N–H and O–H groups in total. The lowest BCUT2D eigenvalue weighted by Gasteiger charge is -2.18. The Balaban J connectivity index is 1.87. The van der Waals surface area contributed by atoms with E-state index in [4.69, 9.17) is 16.3 Å². The quantitative estimate of drug-likeness (QED) is 0.907. The number of likely N-dealkylation sites (tertiary alicyclic amines) is 1. The van der Waals surface area contributed by atoms with Gasteiger partial charge < -0.3 is 15.0 Å². The number of hydrogen-bond donors (Lipinski definition) is 1.